The number of aromatic nitrogens is 5. The number of anilines is 1. The molecule has 0 aliphatic rings. The number of aryl methyl sites for hydroxylation is 1. The lowest BCUT2D eigenvalue weighted by Gasteiger charge is -2.06. The molecule has 0 saturated heterocycles. The molecule has 0 fully saturated rings. The van der Waals surface area contributed by atoms with E-state index in [4.69, 9.17) is 11.6 Å². The van der Waals surface area contributed by atoms with Gasteiger partial charge in [0.1, 0.15) is 0 Å². The van der Waals surface area contributed by atoms with E-state index in [1.807, 2.05) is 30.3 Å². The number of nitrogens with zero attached hydrogens (tertiary/aromatic N) is 4. The predicted octanol–water partition coefficient (Wildman–Crippen LogP) is 4.50. The van der Waals surface area contributed by atoms with E-state index in [1.54, 1.807) is 6.20 Å². The van der Waals surface area contributed by atoms with Gasteiger partial charge in [-0.1, -0.05) is 59.6 Å². The van der Waals surface area contributed by atoms with E-state index in [1.165, 1.54) is 5.56 Å². The van der Waals surface area contributed by atoms with E-state index in [9.17, 15) is 0 Å². The van der Waals surface area contributed by atoms with Crippen LogP contribution >= 0.6 is 11.6 Å². The van der Waals surface area contributed by atoms with Gasteiger partial charge in [-0.25, -0.2) is 4.98 Å². The third-order valence-corrected chi connectivity index (χ3v) is 4.45. The van der Waals surface area contributed by atoms with Crippen LogP contribution in [-0.4, -0.2) is 25.4 Å². The minimum absolute atomic E-state index is 0.430. The van der Waals surface area contributed by atoms with Crippen molar-refractivity contribution < 1.29 is 0 Å². The SMILES string of the molecule is Cc1ccc(-c2cc(CNc3nncc(-c4ccccc4Cl)n3)[nH]n2)cc1. The van der Waals surface area contributed by atoms with E-state index in [0.29, 0.717) is 23.2 Å². The molecule has 0 unspecified atom stereocenters. The molecule has 134 valence electrons. The third-order valence-electron chi connectivity index (χ3n) is 4.12. The molecular weight excluding hydrogens is 360 g/mol. The second-order valence-corrected chi connectivity index (χ2v) is 6.55. The molecule has 4 aromatic rings. The number of nitrogens with one attached hydrogen (secondary N) is 2. The minimum atomic E-state index is 0.430. The molecule has 0 bridgehead atoms. The number of rotatable bonds is 5. The number of H-pyrrole nitrogens is 1. The summed E-state index contributed by atoms with van der Waals surface area (Å²) in [6, 6.07) is 17.8. The fourth-order valence-corrected chi connectivity index (χ4v) is 2.91. The summed E-state index contributed by atoms with van der Waals surface area (Å²) in [7, 11) is 0. The Morgan fingerprint density at radius 2 is 1.85 bits per heavy atom. The molecule has 0 saturated carbocycles. The Balaban J connectivity index is 1.47. The highest BCUT2D eigenvalue weighted by Crippen LogP contribution is 2.25. The van der Waals surface area contributed by atoms with Crippen LogP contribution in [0.4, 0.5) is 5.95 Å². The second-order valence-electron chi connectivity index (χ2n) is 6.14. The number of hydrogen-bond donors (Lipinski definition) is 2. The van der Waals surface area contributed by atoms with Crippen molar-refractivity contribution in [2.75, 3.05) is 5.32 Å². The van der Waals surface area contributed by atoms with Crippen molar-refractivity contribution in [2.24, 2.45) is 0 Å². The summed E-state index contributed by atoms with van der Waals surface area (Å²) >= 11 is 6.23. The zero-order chi connectivity index (χ0) is 18.6. The van der Waals surface area contributed by atoms with Crippen LogP contribution in [0.15, 0.2) is 60.8 Å². The van der Waals surface area contributed by atoms with Crippen molar-refractivity contribution >= 4 is 17.5 Å². The maximum atomic E-state index is 6.23. The van der Waals surface area contributed by atoms with Gasteiger partial charge in [0.05, 0.1) is 34.8 Å². The molecule has 0 spiro atoms. The van der Waals surface area contributed by atoms with Gasteiger partial charge in [-0.15, -0.1) is 5.10 Å². The van der Waals surface area contributed by atoms with E-state index in [0.717, 1.165) is 22.5 Å². The molecule has 2 heterocycles. The van der Waals surface area contributed by atoms with Gasteiger partial charge in [0.2, 0.25) is 5.95 Å². The largest absolute Gasteiger partial charge is 0.347 e. The van der Waals surface area contributed by atoms with Gasteiger partial charge in [-0.2, -0.15) is 10.2 Å². The standard InChI is InChI=1S/C20H17ClN6/c1-13-6-8-14(9-7-13)18-10-15(25-26-18)11-22-20-24-19(12-23-27-20)16-4-2-3-5-17(16)21/h2-10,12H,11H2,1H3,(H,25,26)(H,22,24,27). The number of benzene rings is 2. The van der Waals surface area contributed by atoms with Crippen molar-refractivity contribution in [3.63, 3.8) is 0 Å². The summed E-state index contributed by atoms with van der Waals surface area (Å²) in [5.74, 6) is 0.430. The fourth-order valence-electron chi connectivity index (χ4n) is 2.68. The highest BCUT2D eigenvalue weighted by atomic mass is 35.5. The average Bonchev–Trinajstić information content (AvgIpc) is 3.17. The molecule has 0 radical (unpaired) electrons. The number of hydrogen-bond acceptors (Lipinski definition) is 5. The van der Waals surface area contributed by atoms with Crippen molar-refractivity contribution in [2.45, 2.75) is 13.5 Å². The molecule has 0 aliphatic heterocycles. The molecule has 0 atom stereocenters. The Bertz CT molecular complexity index is 1060. The zero-order valence-corrected chi connectivity index (χ0v) is 15.4. The van der Waals surface area contributed by atoms with Crippen LogP contribution in [0, 0.1) is 6.92 Å². The first-order valence-electron chi connectivity index (χ1n) is 8.49. The van der Waals surface area contributed by atoms with Crippen molar-refractivity contribution in [3.05, 3.63) is 77.1 Å². The summed E-state index contributed by atoms with van der Waals surface area (Å²) in [5, 5.41) is 19.2. The first-order valence-corrected chi connectivity index (χ1v) is 8.87. The second kappa shape index (κ2) is 7.55. The molecule has 27 heavy (non-hydrogen) atoms. The molecule has 7 heteroatoms. The maximum absolute atomic E-state index is 6.23. The van der Waals surface area contributed by atoms with Crippen LogP contribution in [0.3, 0.4) is 0 Å². The first kappa shape index (κ1) is 17.2. The molecule has 6 nitrogen and oxygen atoms in total. The van der Waals surface area contributed by atoms with Crippen LogP contribution in [0.1, 0.15) is 11.3 Å². The summed E-state index contributed by atoms with van der Waals surface area (Å²) in [5.41, 5.74) is 5.61. The number of halogens is 1. The summed E-state index contributed by atoms with van der Waals surface area (Å²) in [4.78, 5) is 4.49. The predicted molar refractivity (Wildman–Crippen MR) is 106 cm³/mol. The third kappa shape index (κ3) is 3.96. The van der Waals surface area contributed by atoms with Gasteiger partial charge in [0.25, 0.3) is 0 Å². The lowest BCUT2D eigenvalue weighted by Crippen LogP contribution is -2.05. The van der Waals surface area contributed by atoms with Crippen molar-refractivity contribution in [1.29, 1.82) is 0 Å². The molecular formula is C20H17ClN6. The average molecular weight is 377 g/mol. The van der Waals surface area contributed by atoms with Crippen LogP contribution < -0.4 is 5.32 Å². The van der Waals surface area contributed by atoms with Gasteiger partial charge in [0, 0.05) is 11.1 Å². The lowest BCUT2D eigenvalue weighted by molar-refractivity contribution is 0.923. The highest BCUT2D eigenvalue weighted by Gasteiger charge is 2.08. The van der Waals surface area contributed by atoms with Gasteiger partial charge in [-0.3, -0.25) is 5.10 Å². The van der Waals surface area contributed by atoms with Crippen molar-refractivity contribution in [3.8, 4) is 22.5 Å². The molecule has 2 aromatic heterocycles. The molecule has 0 amide bonds. The Kier molecular flexibility index (Phi) is 4.80. The Labute approximate surface area is 161 Å². The van der Waals surface area contributed by atoms with Crippen molar-refractivity contribution in [1.82, 2.24) is 25.4 Å². The van der Waals surface area contributed by atoms with E-state index < -0.39 is 0 Å². The topological polar surface area (TPSA) is 79.4 Å². The Morgan fingerprint density at radius 1 is 1.04 bits per heavy atom. The molecule has 4 rings (SSSR count). The normalized spacial score (nSPS) is 10.7. The Morgan fingerprint density at radius 3 is 2.67 bits per heavy atom. The van der Waals surface area contributed by atoms with Crippen LogP contribution in [0.2, 0.25) is 5.02 Å². The van der Waals surface area contributed by atoms with Gasteiger partial charge < -0.3 is 5.32 Å². The smallest absolute Gasteiger partial charge is 0.243 e. The summed E-state index contributed by atoms with van der Waals surface area (Å²) in [6.07, 6.45) is 1.60. The van der Waals surface area contributed by atoms with E-state index in [-0.39, 0.29) is 0 Å². The van der Waals surface area contributed by atoms with Crippen LogP contribution in [-0.2, 0) is 6.54 Å². The fraction of sp³-hybridized carbons (Fsp3) is 0.100. The maximum Gasteiger partial charge on any atom is 0.243 e. The number of aromatic amines is 1. The summed E-state index contributed by atoms with van der Waals surface area (Å²) in [6.45, 7) is 2.57. The first-order chi connectivity index (χ1) is 13.2. The van der Waals surface area contributed by atoms with Crippen LogP contribution in [0.25, 0.3) is 22.5 Å². The molecule has 0 aliphatic carbocycles. The monoisotopic (exact) mass is 376 g/mol. The van der Waals surface area contributed by atoms with Crippen LogP contribution in [0.5, 0.6) is 0 Å². The molecule has 2 N–H and O–H groups in total. The quantitative estimate of drug-likeness (QED) is 0.536. The highest BCUT2D eigenvalue weighted by molar-refractivity contribution is 6.33. The van der Waals surface area contributed by atoms with E-state index >= 15 is 0 Å². The lowest BCUT2D eigenvalue weighted by atomic mass is 10.1. The van der Waals surface area contributed by atoms with Gasteiger partial charge >= 0.3 is 0 Å². The summed E-state index contributed by atoms with van der Waals surface area (Å²) < 4.78 is 0. The minimum Gasteiger partial charge on any atom is -0.347 e. The van der Waals surface area contributed by atoms with E-state index in [2.05, 4.69) is 61.9 Å². The van der Waals surface area contributed by atoms with Gasteiger partial charge in [-0.05, 0) is 19.1 Å². The Hall–Kier alpha value is -3.25. The zero-order valence-electron chi connectivity index (χ0n) is 14.6. The molecule has 2 aromatic carbocycles. The van der Waals surface area contributed by atoms with Gasteiger partial charge in [0.15, 0.2) is 0 Å².